The van der Waals surface area contributed by atoms with Crippen LogP contribution in [0.25, 0.3) is 0 Å². The molecule has 0 aromatic heterocycles. The molecule has 0 heterocycles. The number of hydrogen-bond donors (Lipinski definition) is 0. The number of hydrogen-bond acceptors (Lipinski definition) is 0. The SMILES string of the molecule is C/C=C\C=C(/C)[PH+](c1ccccc1)c1ccc[cH-]1.[Cl][Po][Cl].[Fe+2].c1ccc([PH+](c2ccccc2)c2ccc[cH-]2)cc1. The molecule has 206 valence electrons. The maximum atomic E-state index is 4.93. The topological polar surface area (TPSA) is 0 Å². The summed E-state index contributed by atoms with van der Waals surface area (Å²) in [5.41, 5.74) is 0. The van der Waals surface area contributed by atoms with Crippen LogP contribution >= 0.6 is 32.7 Å². The molecule has 0 radical (unpaired) electrons. The summed E-state index contributed by atoms with van der Waals surface area (Å²) in [5, 5.41) is 8.73. The Hall–Kier alpha value is -1.30. The molecule has 0 bridgehead atoms. The Kier molecular flexibility index (Phi) is 17.9. The number of halogens is 2. The van der Waals surface area contributed by atoms with Crippen LogP contribution in [0.15, 0.2) is 163 Å². The summed E-state index contributed by atoms with van der Waals surface area (Å²) in [6.07, 6.45) is 6.46. The van der Waals surface area contributed by atoms with Gasteiger partial charge in [0.15, 0.2) is 0 Å². The largest absolute Gasteiger partial charge is 2.00 e. The first-order chi connectivity index (χ1) is 19.2. The third-order valence-electron chi connectivity index (χ3n) is 6.02. The molecule has 0 N–H and O–H groups in total. The van der Waals surface area contributed by atoms with Crippen LogP contribution in [-0.2, 0) is 17.1 Å². The van der Waals surface area contributed by atoms with E-state index in [0.29, 0.717) is 0 Å². The molecule has 0 saturated heterocycles. The molecule has 0 amide bonds. The van der Waals surface area contributed by atoms with E-state index < -0.39 is 37.0 Å². The van der Waals surface area contributed by atoms with E-state index in [1.165, 1.54) is 31.8 Å². The van der Waals surface area contributed by atoms with Crippen molar-refractivity contribution >= 4 is 80.4 Å². The fourth-order valence-electron chi connectivity index (χ4n) is 4.34. The fourth-order valence-corrected chi connectivity index (χ4v) is 9.48. The van der Waals surface area contributed by atoms with Crippen molar-refractivity contribution in [3.8, 4) is 0 Å². The molecule has 1 atom stereocenters. The summed E-state index contributed by atoms with van der Waals surface area (Å²) in [7, 11) is 8.23. The Balaban J connectivity index is 0.000000250. The minimum Gasteiger partial charge on any atom is -0.210 e. The van der Waals surface area contributed by atoms with Gasteiger partial charge >= 0.3 is 55.1 Å². The van der Waals surface area contributed by atoms with Crippen LogP contribution in [0.3, 0.4) is 0 Å². The first-order valence-corrected chi connectivity index (χ1v) is 23.5. The zero-order chi connectivity index (χ0) is 27.7. The van der Waals surface area contributed by atoms with Crippen LogP contribution in [0.1, 0.15) is 13.8 Å². The van der Waals surface area contributed by atoms with Crippen molar-refractivity contribution < 1.29 is 17.1 Å². The molecule has 5 aromatic carbocycles. The Bertz CT molecular complexity index is 1320. The van der Waals surface area contributed by atoms with Gasteiger partial charge in [0.2, 0.25) is 0 Å². The standard InChI is InChI=1S/C17H14P.C17H18P.2ClH.Fe.Po/c1-3-9-15(10-4-1)18(17-13-7-8-14-17)16-11-5-2-6-12-16;1-3-4-10-15(2)18(17-13-8-9-14-17)16-11-6-5-7-12-16;;;;/h1-14H;3-14H,1-2H3;2*1H;;/q2*-1;;;2*+2/b;4-3-,15-10+;;;;. The second kappa shape index (κ2) is 20.6. The van der Waals surface area contributed by atoms with Gasteiger partial charge in [-0.25, -0.2) is 12.1 Å². The van der Waals surface area contributed by atoms with Gasteiger partial charge in [-0.3, -0.25) is 0 Å². The zero-order valence-electron chi connectivity index (χ0n) is 22.5. The van der Waals surface area contributed by atoms with Crippen molar-refractivity contribution in [2.24, 2.45) is 0 Å². The van der Waals surface area contributed by atoms with Gasteiger partial charge in [-0.2, -0.15) is 24.3 Å². The van der Waals surface area contributed by atoms with Crippen molar-refractivity contribution in [2.45, 2.75) is 13.8 Å². The van der Waals surface area contributed by atoms with Crippen LogP contribution in [0, 0.1) is 0 Å². The molecule has 0 aliphatic rings. The first kappa shape index (κ1) is 34.9. The molecular formula is C34H34Cl2FeP2Po+2. The number of benzene rings is 3. The van der Waals surface area contributed by atoms with E-state index in [9.17, 15) is 0 Å². The average Bonchev–Trinajstić information content (AvgIpc) is 3.71. The summed E-state index contributed by atoms with van der Waals surface area (Å²) in [6.45, 7) is 4.30. The van der Waals surface area contributed by atoms with Crippen molar-refractivity contribution in [1.82, 2.24) is 0 Å². The molecule has 40 heavy (non-hydrogen) atoms. The molecule has 5 aromatic rings. The fraction of sp³-hybridized carbons (Fsp3) is 0.0588. The zero-order valence-corrected chi connectivity index (χ0v) is 30.3. The van der Waals surface area contributed by atoms with Crippen molar-refractivity contribution in [1.29, 1.82) is 0 Å². The smallest absolute Gasteiger partial charge is 0.210 e. The molecule has 0 spiro atoms. The van der Waals surface area contributed by atoms with Crippen LogP contribution in [-0.4, -0.2) is 21.2 Å². The van der Waals surface area contributed by atoms with Crippen molar-refractivity contribution in [3.63, 3.8) is 0 Å². The van der Waals surface area contributed by atoms with Gasteiger partial charge in [-0.1, -0.05) is 66.7 Å². The third-order valence-corrected chi connectivity index (χ3v) is 11.5. The van der Waals surface area contributed by atoms with Gasteiger partial charge in [0.1, 0.15) is 0 Å². The summed E-state index contributed by atoms with van der Waals surface area (Å²) < 4.78 is 0. The Morgan fingerprint density at radius 1 is 0.650 bits per heavy atom. The molecule has 0 nitrogen and oxygen atoms in total. The van der Waals surface area contributed by atoms with Gasteiger partial charge in [0.25, 0.3) is 0 Å². The van der Waals surface area contributed by atoms with E-state index in [1.54, 1.807) is 0 Å². The van der Waals surface area contributed by atoms with E-state index >= 15 is 0 Å². The molecular weight excluding hydrogens is 806 g/mol. The van der Waals surface area contributed by atoms with Gasteiger partial charge in [-0.15, -0.1) is 12.1 Å². The van der Waals surface area contributed by atoms with E-state index in [0.717, 1.165) is 0 Å². The maximum absolute atomic E-state index is 4.93. The van der Waals surface area contributed by atoms with Gasteiger partial charge in [0, 0.05) is 0 Å². The second-order valence-electron chi connectivity index (χ2n) is 8.63. The summed E-state index contributed by atoms with van der Waals surface area (Å²) >= 11 is -0.806. The van der Waals surface area contributed by atoms with Crippen LogP contribution < -0.4 is 26.5 Å². The maximum Gasteiger partial charge on any atom is 2.00 e. The molecule has 0 saturated carbocycles. The number of rotatable bonds is 7. The van der Waals surface area contributed by atoms with Crippen LogP contribution in [0.4, 0.5) is 0 Å². The quantitative estimate of drug-likeness (QED) is 0.0677. The number of allylic oxidation sites excluding steroid dienone is 4. The molecule has 5 rings (SSSR count). The molecule has 0 fully saturated rings. The first-order valence-electron chi connectivity index (χ1n) is 12.7. The summed E-state index contributed by atoms with van der Waals surface area (Å²) in [4.78, 5) is 0. The van der Waals surface area contributed by atoms with Gasteiger partial charge in [0.05, 0.1) is 37.1 Å². The Morgan fingerprint density at radius 2 is 1.07 bits per heavy atom. The minimum absolute atomic E-state index is 0. The van der Waals surface area contributed by atoms with Crippen molar-refractivity contribution in [3.05, 3.63) is 163 Å². The summed E-state index contributed by atoms with van der Waals surface area (Å²) in [5.74, 6) is 0. The van der Waals surface area contributed by atoms with Crippen LogP contribution in [0.5, 0.6) is 0 Å². The molecule has 6 heteroatoms. The van der Waals surface area contributed by atoms with E-state index in [1.807, 2.05) is 0 Å². The monoisotopic (exact) mass is 839 g/mol. The van der Waals surface area contributed by atoms with E-state index in [-0.39, 0.29) is 17.1 Å². The molecule has 0 aliphatic heterocycles. The minimum atomic E-state index is -0.834. The summed E-state index contributed by atoms with van der Waals surface area (Å²) in [6, 6.07) is 50.0. The molecule has 1 unspecified atom stereocenters. The average molecular weight is 840 g/mol. The predicted octanol–water partition coefficient (Wildman–Crippen LogP) is 7.94. The third kappa shape index (κ3) is 11.2. The van der Waals surface area contributed by atoms with Gasteiger partial charge in [-0.05, 0) is 66.9 Å². The Labute approximate surface area is 272 Å². The van der Waals surface area contributed by atoms with Crippen molar-refractivity contribution in [2.75, 3.05) is 0 Å². The van der Waals surface area contributed by atoms with E-state index in [2.05, 4.69) is 172 Å². The van der Waals surface area contributed by atoms with E-state index in [4.69, 9.17) is 16.9 Å². The Morgan fingerprint density at radius 3 is 1.48 bits per heavy atom. The predicted molar refractivity (Wildman–Crippen MR) is 184 cm³/mol. The normalized spacial score (nSPS) is 11.6. The second-order valence-corrected chi connectivity index (χ2v) is 18.4. The van der Waals surface area contributed by atoms with Gasteiger partial charge < -0.3 is 0 Å². The molecule has 0 aliphatic carbocycles. The van der Waals surface area contributed by atoms with Crippen LogP contribution in [0.2, 0.25) is 0 Å².